The summed E-state index contributed by atoms with van der Waals surface area (Å²) in [5.74, 6) is 0.538. The number of methoxy groups -OCH3 is 1. The SMILES string of the molecule is COc1ccc(C2=Cc3ccc(F)cc3C(CC(C)=O)N2c2ccc(C)cc2)cc1. The zero-order valence-corrected chi connectivity index (χ0v) is 17.4. The van der Waals surface area contributed by atoms with Crippen LogP contribution in [0.25, 0.3) is 11.8 Å². The van der Waals surface area contributed by atoms with Gasteiger partial charge in [0.2, 0.25) is 0 Å². The molecular weight excluding hydrogens is 377 g/mol. The number of halogens is 1. The maximum absolute atomic E-state index is 14.2. The maximum Gasteiger partial charge on any atom is 0.132 e. The van der Waals surface area contributed by atoms with Crippen LogP contribution < -0.4 is 9.64 Å². The van der Waals surface area contributed by atoms with Crippen LogP contribution in [0.5, 0.6) is 5.75 Å². The lowest BCUT2D eigenvalue weighted by atomic mass is 9.88. The van der Waals surface area contributed by atoms with Crippen molar-refractivity contribution in [1.82, 2.24) is 0 Å². The molecule has 0 bridgehead atoms. The fraction of sp³-hybridized carbons (Fsp3) is 0.192. The number of anilines is 1. The largest absolute Gasteiger partial charge is 0.497 e. The first-order chi connectivity index (χ1) is 14.5. The minimum atomic E-state index is -0.299. The van der Waals surface area contributed by atoms with Crippen molar-refractivity contribution < 1.29 is 13.9 Å². The highest BCUT2D eigenvalue weighted by Crippen LogP contribution is 2.44. The fourth-order valence-electron chi connectivity index (χ4n) is 3.97. The van der Waals surface area contributed by atoms with Gasteiger partial charge in [-0.15, -0.1) is 0 Å². The third-order valence-electron chi connectivity index (χ3n) is 5.45. The van der Waals surface area contributed by atoms with Crippen molar-refractivity contribution in [1.29, 1.82) is 0 Å². The van der Waals surface area contributed by atoms with Crippen molar-refractivity contribution in [3.63, 3.8) is 0 Å². The highest BCUT2D eigenvalue weighted by atomic mass is 19.1. The highest BCUT2D eigenvalue weighted by Gasteiger charge is 2.31. The minimum absolute atomic E-state index is 0.0586. The van der Waals surface area contributed by atoms with Crippen molar-refractivity contribution in [3.8, 4) is 5.75 Å². The normalized spacial score (nSPS) is 15.4. The molecule has 3 aromatic rings. The second-order valence-electron chi connectivity index (χ2n) is 7.66. The van der Waals surface area contributed by atoms with Crippen LogP contribution in [-0.4, -0.2) is 12.9 Å². The molecule has 0 aliphatic carbocycles. The van der Waals surface area contributed by atoms with Crippen LogP contribution >= 0.6 is 0 Å². The molecule has 0 fully saturated rings. The number of carbonyl (C=O) groups excluding carboxylic acids is 1. The molecule has 0 saturated heterocycles. The van der Waals surface area contributed by atoms with Gasteiger partial charge in [-0.3, -0.25) is 4.79 Å². The molecule has 1 heterocycles. The van der Waals surface area contributed by atoms with Crippen molar-refractivity contribution in [2.75, 3.05) is 12.0 Å². The summed E-state index contributed by atoms with van der Waals surface area (Å²) in [4.78, 5) is 14.4. The fourth-order valence-corrected chi connectivity index (χ4v) is 3.97. The molecule has 0 amide bonds. The van der Waals surface area contributed by atoms with E-state index in [4.69, 9.17) is 4.74 Å². The van der Waals surface area contributed by atoms with Crippen molar-refractivity contribution in [3.05, 3.63) is 94.8 Å². The number of aryl methyl sites for hydroxylation is 1. The lowest BCUT2D eigenvalue weighted by Crippen LogP contribution is -2.32. The van der Waals surface area contributed by atoms with Crippen LogP contribution in [0.3, 0.4) is 0 Å². The Hall–Kier alpha value is -3.40. The third-order valence-corrected chi connectivity index (χ3v) is 5.45. The van der Waals surface area contributed by atoms with E-state index < -0.39 is 0 Å². The summed E-state index contributed by atoms with van der Waals surface area (Å²) in [6.07, 6.45) is 2.35. The van der Waals surface area contributed by atoms with E-state index in [1.54, 1.807) is 26.2 Å². The summed E-state index contributed by atoms with van der Waals surface area (Å²) in [5.41, 5.74) is 5.83. The molecule has 1 aliphatic rings. The Balaban J connectivity index is 1.93. The van der Waals surface area contributed by atoms with E-state index in [2.05, 4.69) is 11.0 Å². The molecule has 30 heavy (non-hydrogen) atoms. The quantitative estimate of drug-likeness (QED) is 0.511. The first-order valence-corrected chi connectivity index (χ1v) is 9.97. The number of carbonyl (C=O) groups is 1. The van der Waals surface area contributed by atoms with E-state index in [-0.39, 0.29) is 24.1 Å². The standard InChI is InChI=1S/C26H24FNO2/c1-17-4-10-22(11-5-17)28-25(19-7-12-23(30-3)13-8-19)15-20-6-9-21(27)16-24(20)26(28)14-18(2)29/h4-13,15-16,26H,14H2,1-3H3. The van der Waals surface area contributed by atoms with Gasteiger partial charge < -0.3 is 9.64 Å². The Kier molecular flexibility index (Phi) is 5.40. The number of nitrogens with zero attached hydrogens (tertiary/aromatic N) is 1. The zero-order valence-electron chi connectivity index (χ0n) is 17.4. The lowest BCUT2D eigenvalue weighted by Gasteiger charge is -2.39. The van der Waals surface area contributed by atoms with Crippen LogP contribution in [0.15, 0.2) is 66.7 Å². The molecule has 0 N–H and O–H groups in total. The van der Waals surface area contributed by atoms with E-state index in [0.717, 1.165) is 39.4 Å². The highest BCUT2D eigenvalue weighted by molar-refractivity contribution is 5.95. The second-order valence-corrected chi connectivity index (χ2v) is 7.66. The van der Waals surface area contributed by atoms with Gasteiger partial charge in [-0.1, -0.05) is 23.8 Å². The summed E-state index contributed by atoms with van der Waals surface area (Å²) in [7, 11) is 1.64. The third kappa shape index (κ3) is 3.86. The van der Waals surface area contributed by atoms with E-state index in [1.807, 2.05) is 55.5 Å². The summed E-state index contributed by atoms with van der Waals surface area (Å²) in [5, 5.41) is 0. The summed E-state index contributed by atoms with van der Waals surface area (Å²) in [6.45, 7) is 3.62. The van der Waals surface area contributed by atoms with Gasteiger partial charge in [-0.25, -0.2) is 4.39 Å². The minimum Gasteiger partial charge on any atom is -0.497 e. The molecule has 1 aliphatic heterocycles. The molecule has 0 saturated carbocycles. The maximum atomic E-state index is 14.2. The van der Waals surface area contributed by atoms with Gasteiger partial charge in [0.1, 0.15) is 17.3 Å². The summed E-state index contributed by atoms with van der Waals surface area (Å²) in [6, 6.07) is 20.5. The Morgan fingerprint density at radius 2 is 1.73 bits per heavy atom. The molecule has 0 spiro atoms. The molecule has 1 unspecified atom stereocenters. The van der Waals surface area contributed by atoms with E-state index >= 15 is 0 Å². The Morgan fingerprint density at radius 3 is 2.37 bits per heavy atom. The number of rotatable bonds is 5. The molecule has 0 radical (unpaired) electrons. The van der Waals surface area contributed by atoms with Gasteiger partial charge in [-0.05, 0) is 85.1 Å². The molecule has 4 heteroatoms. The topological polar surface area (TPSA) is 29.5 Å². The van der Waals surface area contributed by atoms with Crippen molar-refractivity contribution in [2.45, 2.75) is 26.3 Å². The number of ether oxygens (including phenoxy) is 1. The Labute approximate surface area is 176 Å². The number of hydrogen-bond donors (Lipinski definition) is 0. The average molecular weight is 401 g/mol. The van der Waals surface area contributed by atoms with Crippen LogP contribution in [0, 0.1) is 12.7 Å². The number of benzene rings is 3. The first-order valence-electron chi connectivity index (χ1n) is 9.97. The number of ketones is 1. The zero-order chi connectivity index (χ0) is 21.3. The van der Waals surface area contributed by atoms with Gasteiger partial charge in [0.15, 0.2) is 0 Å². The number of Topliss-reactive ketones (excluding diaryl/α,β-unsaturated/α-hetero) is 1. The van der Waals surface area contributed by atoms with Crippen LogP contribution in [0.2, 0.25) is 0 Å². The predicted octanol–water partition coefficient (Wildman–Crippen LogP) is 6.18. The van der Waals surface area contributed by atoms with Crippen molar-refractivity contribution >= 4 is 23.2 Å². The van der Waals surface area contributed by atoms with Gasteiger partial charge in [0.25, 0.3) is 0 Å². The average Bonchev–Trinajstić information content (AvgIpc) is 2.74. The number of hydrogen-bond acceptors (Lipinski definition) is 3. The summed E-state index contributed by atoms with van der Waals surface area (Å²) < 4.78 is 19.5. The molecule has 152 valence electrons. The molecule has 3 nitrogen and oxygen atoms in total. The molecular formula is C26H24FNO2. The molecule has 0 aromatic heterocycles. The van der Waals surface area contributed by atoms with Crippen LogP contribution in [0.1, 0.15) is 41.6 Å². The van der Waals surface area contributed by atoms with Crippen LogP contribution in [-0.2, 0) is 4.79 Å². The van der Waals surface area contributed by atoms with E-state index in [0.29, 0.717) is 0 Å². The van der Waals surface area contributed by atoms with Gasteiger partial charge >= 0.3 is 0 Å². The second kappa shape index (κ2) is 8.15. The smallest absolute Gasteiger partial charge is 0.132 e. The summed E-state index contributed by atoms with van der Waals surface area (Å²) >= 11 is 0. The van der Waals surface area contributed by atoms with Gasteiger partial charge in [-0.2, -0.15) is 0 Å². The number of fused-ring (bicyclic) bond motifs is 1. The monoisotopic (exact) mass is 401 g/mol. The van der Waals surface area contributed by atoms with Gasteiger partial charge in [0, 0.05) is 17.8 Å². The van der Waals surface area contributed by atoms with E-state index in [1.165, 1.54) is 6.07 Å². The van der Waals surface area contributed by atoms with E-state index in [9.17, 15) is 9.18 Å². The van der Waals surface area contributed by atoms with Crippen molar-refractivity contribution in [2.24, 2.45) is 0 Å². The molecule has 3 aromatic carbocycles. The molecule has 4 rings (SSSR count). The Morgan fingerprint density at radius 1 is 1.03 bits per heavy atom. The first kappa shape index (κ1) is 19.9. The Bertz CT molecular complexity index is 1100. The predicted molar refractivity (Wildman–Crippen MR) is 119 cm³/mol. The van der Waals surface area contributed by atoms with Crippen LogP contribution in [0.4, 0.5) is 10.1 Å². The molecule has 1 atom stereocenters. The van der Waals surface area contributed by atoms with Gasteiger partial charge in [0.05, 0.1) is 13.2 Å². The lowest BCUT2D eigenvalue weighted by molar-refractivity contribution is -0.117.